The number of nitrogens with one attached hydrogen (secondary N) is 1. The molecule has 0 spiro atoms. The van der Waals surface area contributed by atoms with E-state index in [0.717, 1.165) is 6.07 Å². The molecule has 0 atom stereocenters. The van der Waals surface area contributed by atoms with Gasteiger partial charge in [-0.3, -0.25) is 0 Å². The van der Waals surface area contributed by atoms with Crippen molar-refractivity contribution in [3.05, 3.63) is 50.5 Å². The molecule has 0 unspecified atom stereocenters. The molecule has 0 saturated carbocycles. The van der Waals surface area contributed by atoms with Gasteiger partial charge in [0.05, 0.1) is 5.69 Å². The number of halogens is 4. The van der Waals surface area contributed by atoms with E-state index in [2.05, 4.69) is 20.9 Å². The topological polar surface area (TPSA) is 58.9 Å². The van der Waals surface area contributed by atoms with E-state index in [1.165, 1.54) is 12.2 Å². The first kappa shape index (κ1) is 13.6. The second kappa shape index (κ2) is 5.04. The van der Waals surface area contributed by atoms with E-state index in [9.17, 15) is 18.0 Å². The lowest BCUT2D eigenvalue weighted by molar-refractivity contribution is -0.141. The van der Waals surface area contributed by atoms with Crippen molar-refractivity contribution in [1.29, 1.82) is 0 Å². The lowest BCUT2D eigenvalue weighted by Gasteiger charge is -2.05. The van der Waals surface area contributed by atoms with Gasteiger partial charge in [0.25, 0.3) is 0 Å². The van der Waals surface area contributed by atoms with Crippen molar-refractivity contribution in [3.8, 4) is 0 Å². The Hall–Kier alpha value is -1.83. The van der Waals surface area contributed by atoms with Crippen molar-refractivity contribution in [3.63, 3.8) is 0 Å². The highest BCUT2D eigenvalue weighted by atomic mass is 79.9. The lowest BCUT2D eigenvalue weighted by atomic mass is 10.3. The van der Waals surface area contributed by atoms with E-state index in [4.69, 9.17) is 4.42 Å². The molecule has 0 aliphatic heterocycles. The number of aromatic nitrogens is 2. The molecule has 0 bridgehead atoms. The second-order valence-electron chi connectivity index (χ2n) is 3.50. The Kier molecular flexibility index (Phi) is 3.61. The van der Waals surface area contributed by atoms with E-state index in [-0.39, 0.29) is 5.69 Å². The summed E-state index contributed by atoms with van der Waals surface area (Å²) in [5, 5.41) is 0. The number of hydrogen-bond donors (Lipinski definition) is 1. The van der Waals surface area contributed by atoms with Crippen LogP contribution < -0.4 is 5.69 Å². The predicted octanol–water partition coefficient (Wildman–Crippen LogP) is 3.31. The minimum absolute atomic E-state index is 0.108. The van der Waals surface area contributed by atoms with Crippen LogP contribution in [0.4, 0.5) is 13.2 Å². The molecule has 2 aromatic rings. The summed E-state index contributed by atoms with van der Waals surface area (Å²) >= 11 is 3.09. The lowest BCUT2D eigenvalue weighted by Crippen LogP contribution is -2.19. The molecule has 2 aromatic heterocycles. The molecule has 0 aromatic carbocycles. The van der Waals surface area contributed by atoms with Gasteiger partial charge in [0.15, 0.2) is 4.67 Å². The normalized spacial score (nSPS) is 12.2. The van der Waals surface area contributed by atoms with Gasteiger partial charge in [-0.1, -0.05) is 0 Å². The Labute approximate surface area is 113 Å². The molecule has 100 valence electrons. The van der Waals surface area contributed by atoms with Crippen LogP contribution in [0.15, 0.2) is 32.1 Å². The summed E-state index contributed by atoms with van der Waals surface area (Å²) in [6, 6.07) is 3.99. The summed E-state index contributed by atoms with van der Waals surface area (Å²) in [4.78, 5) is 16.1. The Balaban J connectivity index is 2.33. The largest absolute Gasteiger partial charge is 0.450 e. The average Bonchev–Trinajstić information content (AvgIpc) is 2.71. The maximum atomic E-state index is 12.5. The first-order chi connectivity index (χ1) is 8.84. The summed E-state index contributed by atoms with van der Waals surface area (Å²) in [5.74, 6) is 0.419. The molecular formula is C11H6BrF3N2O2. The van der Waals surface area contributed by atoms with Crippen molar-refractivity contribution in [2.45, 2.75) is 6.18 Å². The molecule has 0 radical (unpaired) electrons. The number of alkyl halides is 3. The third-order valence-electron chi connectivity index (χ3n) is 2.08. The monoisotopic (exact) mass is 334 g/mol. The standard InChI is InChI=1S/C11H6BrF3N2O2/c12-9-4-3-7(19-9)2-1-6-5-8(11(13,14)15)17-10(18)16-6/h1-5H,(H,16,17,18). The van der Waals surface area contributed by atoms with Gasteiger partial charge in [0, 0.05) is 0 Å². The number of nitrogens with zero attached hydrogens (tertiary/aromatic N) is 1. The van der Waals surface area contributed by atoms with Crippen LogP contribution in [0, 0.1) is 0 Å². The molecule has 8 heteroatoms. The highest BCUT2D eigenvalue weighted by Crippen LogP contribution is 2.27. The first-order valence-corrected chi connectivity index (χ1v) is 5.76. The van der Waals surface area contributed by atoms with Crippen molar-refractivity contribution in [2.75, 3.05) is 0 Å². The molecule has 2 rings (SSSR count). The van der Waals surface area contributed by atoms with Gasteiger partial charge in [-0.25, -0.2) is 4.79 Å². The van der Waals surface area contributed by atoms with E-state index in [1.807, 2.05) is 0 Å². The van der Waals surface area contributed by atoms with E-state index in [1.54, 1.807) is 17.1 Å². The van der Waals surface area contributed by atoms with Gasteiger partial charge in [-0.2, -0.15) is 18.2 Å². The molecule has 4 nitrogen and oxygen atoms in total. The Morgan fingerprint density at radius 1 is 1.32 bits per heavy atom. The highest BCUT2D eigenvalue weighted by molar-refractivity contribution is 9.10. The average molecular weight is 335 g/mol. The molecule has 1 N–H and O–H groups in total. The fourth-order valence-electron chi connectivity index (χ4n) is 1.30. The van der Waals surface area contributed by atoms with Gasteiger partial charge in [0.1, 0.15) is 11.5 Å². The molecule has 0 amide bonds. The number of aromatic amines is 1. The molecule has 0 aliphatic carbocycles. The van der Waals surface area contributed by atoms with E-state index < -0.39 is 17.6 Å². The minimum atomic E-state index is -4.63. The summed E-state index contributed by atoms with van der Waals surface area (Å²) < 4.78 is 43.0. The number of hydrogen-bond acceptors (Lipinski definition) is 3. The predicted molar refractivity (Wildman–Crippen MR) is 65.2 cm³/mol. The van der Waals surface area contributed by atoms with Crippen LogP contribution in [-0.2, 0) is 6.18 Å². The molecule has 2 heterocycles. The summed E-state index contributed by atoms with van der Waals surface area (Å²) in [5.41, 5.74) is -2.31. The fourth-order valence-corrected chi connectivity index (χ4v) is 1.62. The highest BCUT2D eigenvalue weighted by Gasteiger charge is 2.32. The maximum absolute atomic E-state index is 12.5. The van der Waals surface area contributed by atoms with E-state index in [0.29, 0.717) is 10.4 Å². The number of rotatable bonds is 2. The minimum Gasteiger partial charge on any atom is -0.450 e. The molecule has 0 saturated heterocycles. The molecule has 0 aliphatic rings. The van der Waals surface area contributed by atoms with Crippen molar-refractivity contribution in [1.82, 2.24) is 9.97 Å². The maximum Gasteiger partial charge on any atom is 0.431 e. The Bertz CT molecular complexity index is 673. The first-order valence-electron chi connectivity index (χ1n) is 4.96. The zero-order valence-corrected chi connectivity index (χ0v) is 10.7. The van der Waals surface area contributed by atoms with Crippen LogP contribution in [0.2, 0.25) is 0 Å². The van der Waals surface area contributed by atoms with Gasteiger partial charge in [0.2, 0.25) is 0 Å². The Morgan fingerprint density at radius 2 is 2.05 bits per heavy atom. The van der Waals surface area contributed by atoms with E-state index >= 15 is 0 Å². The summed E-state index contributed by atoms with van der Waals surface area (Å²) in [7, 11) is 0. The third kappa shape index (κ3) is 3.57. The number of furan rings is 1. The van der Waals surface area contributed by atoms with Crippen molar-refractivity contribution >= 4 is 28.1 Å². The van der Waals surface area contributed by atoms with Crippen molar-refractivity contribution < 1.29 is 17.6 Å². The van der Waals surface area contributed by atoms with Crippen LogP contribution in [0.1, 0.15) is 17.1 Å². The van der Waals surface area contributed by atoms with Crippen LogP contribution in [0.3, 0.4) is 0 Å². The van der Waals surface area contributed by atoms with Gasteiger partial charge in [-0.15, -0.1) is 0 Å². The van der Waals surface area contributed by atoms with Gasteiger partial charge in [-0.05, 0) is 46.3 Å². The molecular weight excluding hydrogens is 329 g/mol. The van der Waals surface area contributed by atoms with Gasteiger partial charge >= 0.3 is 11.9 Å². The zero-order valence-electron chi connectivity index (χ0n) is 9.16. The SMILES string of the molecule is O=c1nc(C=Cc2ccc(Br)o2)cc(C(F)(F)F)[nH]1. The summed E-state index contributed by atoms with van der Waals surface area (Å²) in [6.45, 7) is 0. The Morgan fingerprint density at radius 3 is 2.63 bits per heavy atom. The van der Waals surface area contributed by atoms with Crippen LogP contribution in [-0.4, -0.2) is 9.97 Å². The quantitative estimate of drug-likeness (QED) is 0.916. The third-order valence-corrected chi connectivity index (χ3v) is 2.51. The number of H-pyrrole nitrogens is 1. The molecule has 0 fully saturated rings. The fraction of sp³-hybridized carbons (Fsp3) is 0.0909. The van der Waals surface area contributed by atoms with Crippen molar-refractivity contribution in [2.24, 2.45) is 0 Å². The zero-order chi connectivity index (χ0) is 14.0. The van der Waals surface area contributed by atoms with Crippen LogP contribution >= 0.6 is 15.9 Å². The van der Waals surface area contributed by atoms with Gasteiger partial charge < -0.3 is 9.40 Å². The smallest absolute Gasteiger partial charge is 0.431 e. The second-order valence-corrected chi connectivity index (χ2v) is 4.28. The van der Waals surface area contributed by atoms with Crippen LogP contribution in [0.5, 0.6) is 0 Å². The summed E-state index contributed by atoms with van der Waals surface area (Å²) in [6.07, 6.45) is -1.96. The van der Waals surface area contributed by atoms with Crippen LogP contribution in [0.25, 0.3) is 12.2 Å². The molecule has 19 heavy (non-hydrogen) atoms.